The molecule has 2 aromatic rings. The van der Waals surface area contributed by atoms with Crippen LogP contribution < -0.4 is 0 Å². The van der Waals surface area contributed by atoms with Gasteiger partial charge in [-0.15, -0.1) is 0 Å². The number of phenols is 2. The lowest BCUT2D eigenvalue weighted by Gasteiger charge is -2.11. The van der Waals surface area contributed by atoms with E-state index < -0.39 is 9.84 Å². The molecule has 0 fully saturated rings. The third-order valence-electron chi connectivity index (χ3n) is 2.92. The van der Waals surface area contributed by atoms with Gasteiger partial charge in [0.2, 0.25) is 9.84 Å². The molecule has 0 aromatic heterocycles. The highest BCUT2D eigenvalue weighted by atomic mass is 32.2. The van der Waals surface area contributed by atoms with E-state index in [9.17, 15) is 18.6 Å². The molecule has 0 aliphatic heterocycles. The molecule has 0 radical (unpaired) electrons. The highest BCUT2D eigenvalue weighted by Crippen LogP contribution is 2.30. The summed E-state index contributed by atoms with van der Waals surface area (Å²) in [4.78, 5) is 0.0856. The van der Waals surface area contributed by atoms with Crippen LogP contribution in [0.2, 0.25) is 0 Å². The van der Waals surface area contributed by atoms with Crippen molar-refractivity contribution in [3.05, 3.63) is 47.5 Å². The van der Waals surface area contributed by atoms with Crippen molar-refractivity contribution in [2.24, 2.45) is 0 Å². The maximum Gasteiger partial charge on any atom is 0.207 e. The molecule has 0 spiro atoms. The minimum absolute atomic E-state index is 0.0428. The van der Waals surface area contributed by atoms with Gasteiger partial charge in [0.05, 0.1) is 9.79 Å². The Kier molecular flexibility index (Phi) is 3.24. The summed E-state index contributed by atoms with van der Waals surface area (Å²) >= 11 is 0. The van der Waals surface area contributed by atoms with Gasteiger partial charge in [-0.3, -0.25) is 0 Å². The molecule has 19 heavy (non-hydrogen) atoms. The van der Waals surface area contributed by atoms with Gasteiger partial charge in [0.25, 0.3) is 0 Å². The Hall–Kier alpha value is -2.01. The van der Waals surface area contributed by atoms with Gasteiger partial charge in [-0.25, -0.2) is 8.42 Å². The van der Waals surface area contributed by atoms with Crippen LogP contribution in [0.3, 0.4) is 0 Å². The SMILES string of the molecule is Cc1ccc(O)cc1S(=O)(=O)c1cc(O)ccc1C. The Balaban J connectivity index is 2.72. The second-order valence-electron chi connectivity index (χ2n) is 4.40. The fourth-order valence-corrected chi connectivity index (χ4v) is 3.65. The predicted molar refractivity (Wildman–Crippen MR) is 71.1 cm³/mol. The normalized spacial score (nSPS) is 11.5. The lowest BCUT2D eigenvalue weighted by Crippen LogP contribution is -2.06. The Morgan fingerprint density at radius 2 is 1.16 bits per heavy atom. The second kappa shape index (κ2) is 4.59. The molecule has 0 unspecified atom stereocenters. The third kappa shape index (κ3) is 2.42. The summed E-state index contributed by atoms with van der Waals surface area (Å²) in [7, 11) is -3.77. The van der Waals surface area contributed by atoms with Crippen LogP contribution in [-0.2, 0) is 9.84 Å². The average molecular weight is 278 g/mol. The van der Waals surface area contributed by atoms with E-state index in [1.165, 1.54) is 24.3 Å². The van der Waals surface area contributed by atoms with E-state index in [-0.39, 0.29) is 21.3 Å². The van der Waals surface area contributed by atoms with Gasteiger partial charge in [-0.2, -0.15) is 0 Å². The monoisotopic (exact) mass is 278 g/mol. The molecule has 0 saturated heterocycles. The van der Waals surface area contributed by atoms with Gasteiger partial charge in [0, 0.05) is 0 Å². The maximum absolute atomic E-state index is 12.6. The predicted octanol–water partition coefficient (Wildman–Crippen LogP) is 2.55. The summed E-state index contributed by atoms with van der Waals surface area (Å²) in [6.45, 7) is 3.31. The number of sulfone groups is 1. The van der Waals surface area contributed by atoms with Crippen LogP contribution in [0.5, 0.6) is 11.5 Å². The summed E-state index contributed by atoms with van der Waals surface area (Å²) < 4.78 is 25.1. The van der Waals surface area contributed by atoms with Crippen LogP contribution >= 0.6 is 0 Å². The number of aromatic hydroxyl groups is 2. The fourth-order valence-electron chi connectivity index (χ4n) is 1.88. The minimum Gasteiger partial charge on any atom is -0.508 e. The Morgan fingerprint density at radius 3 is 1.53 bits per heavy atom. The summed E-state index contributed by atoms with van der Waals surface area (Å²) in [5.41, 5.74) is 1.08. The highest BCUT2D eigenvalue weighted by molar-refractivity contribution is 7.91. The van der Waals surface area contributed by atoms with Crippen molar-refractivity contribution in [2.45, 2.75) is 23.6 Å². The van der Waals surface area contributed by atoms with E-state index in [1.807, 2.05) is 0 Å². The minimum atomic E-state index is -3.77. The van der Waals surface area contributed by atoms with Crippen molar-refractivity contribution in [2.75, 3.05) is 0 Å². The zero-order valence-corrected chi connectivity index (χ0v) is 11.4. The van der Waals surface area contributed by atoms with Gasteiger partial charge in [0.1, 0.15) is 11.5 Å². The molecule has 5 heteroatoms. The zero-order valence-electron chi connectivity index (χ0n) is 10.6. The molecule has 4 nitrogen and oxygen atoms in total. The van der Waals surface area contributed by atoms with Crippen molar-refractivity contribution in [3.63, 3.8) is 0 Å². The number of hydrogen-bond acceptors (Lipinski definition) is 4. The molecule has 0 aliphatic rings. The van der Waals surface area contributed by atoms with E-state index >= 15 is 0 Å². The van der Waals surface area contributed by atoms with E-state index in [0.717, 1.165) is 0 Å². The second-order valence-corrected chi connectivity index (χ2v) is 6.29. The average Bonchev–Trinajstić information content (AvgIpc) is 2.35. The molecule has 0 saturated carbocycles. The smallest absolute Gasteiger partial charge is 0.207 e. The first-order chi connectivity index (χ1) is 8.82. The summed E-state index contributed by atoms with van der Waals surface area (Å²) in [5, 5.41) is 18.9. The number of hydrogen-bond donors (Lipinski definition) is 2. The largest absolute Gasteiger partial charge is 0.508 e. The number of benzene rings is 2. The number of rotatable bonds is 2. The highest BCUT2D eigenvalue weighted by Gasteiger charge is 2.22. The molecule has 0 aliphatic carbocycles. The molecule has 2 aromatic carbocycles. The summed E-state index contributed by atoms with van der Waals surface area (Å²) in [6.07, 6.45) is 0. The van der Waals surface area contributed by atoms with Gasteiger partial charge in [0.15, 0.2) is 0 Å². The first-order valence-electron chi connectivity index (χ1n) is 5.66. The van der Waals surface area contributed by atoms with E-state index in [4.69, 9.17) is 0 Å². The number of phenolic OH excluding ortho intramolecular Hbond substituents is 2. The maximum atomic E-state index is 12.6. The van der Waals surface area contributed by atoms with Crippen LogP contribution in [0.4, 0.5) is 0 Å². The van der Waals surface area contributed by atoms with Crippen molar-refractivity contribution in [1.82, 2.24) is 0 Å². The fraction of sp³-hybridized carbons (Fsp3) is 0.143. The van der Waals surface area contributed by atoms with Gasteiger partial charge in [-0.05, 0) is 49.2 Å². The van der Waals surface area contributed by atoms with Crippen LogP contribution in [0, 0.1) is 13.8 Å². The van der Waals surface area contributed by atoms with Crippen LogP contribution in [0.1, 0.15) is 11.1 Å². The van der Waals surface area contributed by atoms with Crippen LogP contribution in [0.15, 0.2) is 46.2 Å². The molecule has 0 heterocycles. The molecule has 2 rings (SSSR count). The van der Waals surface area contributed by atoms with Gasteiger partial charge < -0.3 is 10.2 Å². The van der Waals surface area contributed by atoms with Crippen molar-refractivity contribution in [3.8, 4) is 11.5 Å². The lowest BCUT2D eigenvalue weighted by molar-refractivity contribution is 0.472. The number of aryl methyl sites for hydroxylation is 2. The van der Waals surface area contributed by atoms with Gasteiger partial charge in [-0.1, -0.05) is 12.1 Å². The third-order valence-corrected chi connectivity index (χ3v) is 4.96. The Morgan fingerprint density at radius 1 is 0.789 bits per heavy atom. The summed E-state index contributed by atoms with van der Waals surface area (Å²) in [5.74, 6) is -0.219. The van der Waals surface area contributed by atoms with Crippen molar-refractivity contribution in [1.29, 1.82) is 0 Å². The first kappa shape index (κ1) is 13.4. The molecular formula is C14H14O4S. The quantitative estimate of drug-likeness (QED) is 0.885. The molecule has 0 atom stereocenters. The molecule has 0 amide bonds. The first-order valence-corrected chi connectivity index (χ1v) is 7.15. The lowest BCUT2D eigenvalue weighted by atomic mass is 10.2. The standard InChI is InChI=1S/C14H14O4S/c1-9-3-5-11(15)7-13(9)19(17,18)14-8-12(16)6-4-10(14)2/h3-8,15-16H,1-2H3. The Labute approximate surface area is 111 Å². The molecule has 100 valence electrons. The summed E-state index contributed by atoms with van der Waals surface area (Å²) in [6, 6.07) is 8.39. The Bertz CT molecular complexity index is 676. The topological polar surface area (TPSA) is 74.6 Å². The van der Waals surface area contributed by atoms with Gasteiger partial charge >= 0.3 is 0 Å². The van der Waals surface area contributed by atoms with E-state index in [1.54, 1.807) is 26.0 Å². The van der Waals surface area contributed by atoms with E-state index in [2.05, 4.69) is 0 Å². The van der Waals surface area contributed by atoms with Crippen molar-refractivity contribution >= 4 is 9.84 Å². The molecule has 0 bridgehead atoms. The van der Waals surface area contributed by atoms with Crippen molar-refractivity contribution < 1.29 is 18.6 Å². The van der Waals surface area contributed by atoms with E-state index in [0.29, 0.717) is 11.1 Å². The van der Waals surface area contributed by atoms with Crippen LogP contribution in [-0.4, -0.2) is 18.6 Å². The molecule has 2 N–H and O–H groups in total. The van der Waals surface area contributed by atoms with Crippen LogP contribution in [0.25, 0.3) is 0 Å². The molecular weight excluding hydrogens is 264 g/mol. The zero-order chi connectivity index (χ0) is 14.2.